The third-order valence-electron chi connectivity index (χ3n) is 3.78. The first-order valence-electron chi connectivity index (χ1n) is 8.36. The molecule has 2 rings (SSSR count). The lowest BCUT2D eigenvalue weighted by molar-refractivity contribution is -0.117. The second-order valence-electron chi connectivity index (χ2n) is 5.61. The molecule has 0 spiro atoms. The molecule has 0 radical (unpaired) electrons. The van der Waals surface area contributed by atoms with Gasteiger partial charge in [0.25, 0.3) is 5.91 Å². The zero-order valence-corrected chi connectivity index (χ0v) is 14.9. The number of amides is 1. The van der Waals surface area contributed by atoms with E-state index >= 15 is 0 Å². The molecule has 1 amide bonds. The topological polar surface area (TPSA) is 66.4 Å². The molecule has 5 heteroatoms. The van der Waals surface area contributed by atoms with E-state index in [1.165, 1.54) is 5.57 Å². The maximum Gasteiger partial charge on any atom is 0.253 e. The first-order chi connectivity index (χ1) is 12.1. The van der Waals surface area contributed by atoms with Crippen LogP contribution in [0.4, 0.5) is 0 Å². The van der Waals surface area contributed by atoms with Crippen LogP contribution in [0.1, 0.15) is 32.9 Å². The number of hydrogen-bond donors (Lipinski definition) is 2. The predicted octanol–water partition coefficient (Wildman–Crippen LogP) is 3.36. The lowest BCUT2D eigenvalue weighted by Crippen LogP contribution is -2.43. The largest absolute Gasteiger partial charge is 0.352 e. The molecule has 0 aromatic carbocycles. The highest BCUT2D eigenvalue weighted by atomic mass is 16.2. The highest BCUT2D eigenvalue weighted by molar-refractivity contribution is 6.09. The minimum absolute atomic E-state index is 0.175. The summed E-state index contributed by atoms with van der Waals surface area (Å²) in [5.74, 6) is -0.175. The summed E-state index contributed by atoms with van der Waals surface area (Å²) in [5, 5.41) is 5.91. The Bertz CT molecular complexity index is 742. The summed E-state index contributed by atoms with van der Waals surface area (Å²) in [6.07, 6.45) is 13.2. The van der Waals surface area contributed by atoms with Crippen LogP contribution in [0.3, 0.4) is 0 Å². The molecule has 2 N–H and O–H groups in total. The number of hydrogen-bond acceptors (Lipinski definition) is 4. The monoisotopic (exact) mass is 336 g/mol. The van der Waals surface area contributed by atoms with Crippen LogP contribution in [0, 0.1) is 0 Å². The minimum Gasteiger partial charge on any atom is -0.352 e. The Kier molecular flexibility index (Phi) is 6.89. The number of pyridine rings is 1. The van der Waals surface area contributed by atoms with E-state index in [9.17, 15) is 4.79 Å². The lowest BCUT2D eigenvalue weighted by atomic mass is 10.1. The second-order valence-corrected chi connectivity index (χ2v) is 5.61. The van der Waals surface area contributed by atoms with E-state index in [1.54, 1.807) is 30.8 Å². The van der Waals surface area contributed by atoms with E-state index in [0.29, 0.717) is 5.57 Å². The van der Waals surface area contributed by atoms with Gasteiger partial charge in [-0.3, -0.25) is 9.78 Å². The third kappa shape index (κ3) is 5.57. The standard InChI is InChI=1S/C20H24N4O/c1-4-15(3)9-8-10-16(5-2)19(25)24-20-22-13-17(14-23-20)18-11-6-7-12-21-18/h5-14,20,22H,4H2,1-3H3,(H,24,25)/b10-8-,15-9+,16-5+. The molecule has 1 aliphatic rings. The summed E-state index contributed by atoms with van der Waals surface area (Å²) in [6.45, 7) is 6.00. The van der Waals surface area contributed by atoms with E-state index < -0.39 is 6.29 Å². The summed E-state index contributed by atoms with van der Waals surface area (Å²) in [6, 6.07) is 5.70. The summed E-state index contributed by atoms with van der Waals surface area (Å²) in [5.41, 5.74) is 3.56. The average molecular weight is 336 g/mol. The Morgan fingerprint density at radius 3 is 2.84 bits per heavy atom. The lowest BCUT2D eigenvalue weighted by Gasteiger charge is -2.19. The van der Waals surface area contributed by atoms with Crippen molar-refractivity contribution in [1.82, 2.24) is 15.6 Å². The fourth-order valence-corrected chi connectivity index (χ4v) is 2.10. The van der Waals surface area contributed by atoms with Crippen molar-refractivity contribution in [3.05, 3.63) is 71.7 Å². The van der Waals surface area contributed by atoms with Crippen molar-refractivity contribution in [2.75, 3.05) is 0 Å². The maximum absolute atomic E-state index is 12.3. The van der Waals surface area contributed by atoms with Crippen LogP contribution in [0.25, 0.3) is 5.57 Å². The van der Waals surface area contributed by atoms with Crippen LogP contribution in [-0.4, -0.2) is 23.4 Å². The first kappa shape index (κ1) is 18.4. The van der Waals surface area contributed by atoms with Crippen molar-refractivity contribution in [2.45, 2.75) is 33.5 Å². The summed E-state index contributed by atoms with van der Waals surface area (Å²) in [7, 11) is 0. The van der Waals surface area contributed by atoms with Crippen LogP contribution in [-0.2, 0) is 4.79 Å². The average Bonchev–Trinajstić information content (AvgIpc) is 2.66. The Hall–Kier alpha value is -2.95. The van der Waals surface area contributed by atoms with Crippen molar-refractivity contribution in [2.24, 2.45) is 4.99 Å². The van der Waals surface area contributed by atoms with Gasteiger partial charge in [0.1, 0.15) is 0 Å². The zero-order chi connectivity index (χ0) is 18.1. The molecular formula is C20H24N4O. The fraction of sp³-hybridized carbons (Fsp3) is 0.250. The van der Waals surface area contributed by atoms with Gasteiger partial charge in [-0.2, -0.15) is 0 Å². The molecule has 1 aromatic rings. The predicted molar refractivity (Wildman–Crippen MR) is 103 cm³/mol. The normalized spacial score (nSPS) is 18.0. The van der Waals surface area contributed by atoms with Gasteiger partial charge in [0.15, 0.2) is 6.29 Å². The maximum atomic E-state index is 12.3. The number of nitrogens with zero attached hydrogens (tertiary/aromatic N) is 2. The van der Waals surface area contributed by atoms with Crippen LogP contribution in [0.2, 0.25) is 0 Å². The van der Waals surface area contributed by atoms with Gasteiger partial charge >= 0.3 is 0 Å². The molecule has 1 unspecified atom stereocenters. The highest BCUT2D eigenvalue weighted by Gasteiger charge is 2.14. The van der Waals surface area contributed by atoms with Gasteiger partial charge in [-0.25, -0.2) is 4.99 Å². The molecule has 0 aliphatic carbocycles. The fourth-order valence-electron chi connectivity index (χ4n) is 2.10. The Morgan fingerprint density at radius 2 is 2.24 bits per heavy atom. The SMILES string of the molecule is C\C=C(/C=C\C=C(/C)CC)C(=O)NC1N=CC(c2ccccn2)=CN1. The van der Waals surface area contributed by atoms with Gasteiger partial charge in [-0.15, -0.1) is 0 Å². The van der Waals surface area contributed by atoms with Gasteiger partial charge in [0, 0.05) is 29.8 Å². The first-order valence-corrected chi connectivity index (χ1v) is 8.36. The van der Waals surface area contributed by atoms with Crippen LogP contribution in [0.5, 0.6) is 0 Å². The number of aromatic nitrogens is 1. The summed E-state index contributed by atoms with van der Waals surface area (Å²) >= 11 is 0. The Balaban J connectivity index is 1.93. The van der Waals surface area contributed by atoms with E-state index in [1.807, 2.05) is 37.3 Å². The number of rotatable bonds is 6. The van der Waals surface area contributed by atoms with Gasteiger partial charge in [-0.05, 0) is 38.5 Å². The second kappa shape index (κ2) is 9.37. The number of allylic oxidation sites excluding steroid dienone is 5. The molecule has 1 aliphatic heterocycles. The van der Waals surface area contributed by atoms with Gasteiger partial charge in [0.2, 0.25) is 0 Å². The van der Waals surface area contributed by atoms with E-state index in [0.717, 1.165) is 17.7 Å². The summed E-state index contributed by atoms with van der Waals surface area (Å²) < 4.78 is 0. The molecule has 0 saturated carbocycles. The van der Waals surface area contributed by atoms with E-state index in [4.69, 9.17) is 0 Å². The van der Waals surface area contributed by atoms with Crippen molar-refractivity contribution in [3.63, 3.8) is 0 Å². The highest BCUT2D eigenvalue weighted by Crippen LogP contribution is 2.11. The molecule has 0 saturated heterocycles. The molecule has 0 bridgehead atoms. The van der Waals surface area contributed by atoms with Crippen molar-refractivity contribution >= 4 is 17.7 Å². The third-order valence-corrected chi connectivity index (χ3v) is 3.78. The molecule has 130 valence electrons. The molecule has 1 atom stereocenters. The molecule has 5 nitrogen and oxygen atoms in total. The number of carbonyl (C=O) groups is 1. The quantitative estimate of drug-likeness (QED) is 0.618. The number of aliphatic imine (C=N–C) groups is 1. The number of carbonyl (C=O) groups excluding carboxylic acids is 1. The number of nitrogens with one attached hydrogen (secondary N) is 2. The smallest absolute Gasteiger partial charge is 0.253 e. The van der Waals surface area contributed by atoms with E-state index in [-0.39, 0.29) is 5.91 Å². The summed E-state index contributed by atoms with van der Waals surface area (Å²) in [4.78, 5) is 20.9. The Morgan fingerprint density at radius 1 is 1.40 bits per heavy atom. The van der Waals surface area contributed by atoms with Crippen molar-refractivity contribution < 1.29 is 4.79 Å². The molecule has 1 aromatic heterocycles. The van der Waals surface area contributed by atoms with Crippen molar-refractivity contribution in [1.29, 1.82) is 0 Å². The molecule has 2 heterocycles. The molecule has 0 fully saturated rings. The Labute approximate surface area is 149 Å². The van der Waals surface area contributed by atoms with Gasteiger partial charge in [0.05, 0.1) is 5.69 Å². The van der Waals surface area contributed by atoms with E-state index in [2.05, 4.69) is 34.5 Å². The van der Waals surface area contributed by atoms with Gasteiger partial charge in [-0.1, -0.05) is 36.8 Å². The van der Waals surface area contributed by atoms with Crippen LogP contribution in [0.15, 0.2) is 71.0 Å². The van der Waals surface area contributed by atoms with Crippen LogP contribution >= 0.6 is 0 Å². The van der Waals surface area contributed by atoms with Gasteiger partial charge < -0.3 is 10.6 Å². The zero-order valence-electron chi connectivity index (χ0n) is 14.9. The molecule has 25 heavy (non-hydrogen) atoms. The minimum atomic E-state index is -0.490. The van der Waals surface area contributed by atoms with Crippen LogP contribution < -0.4 is 10.6 Å². The van der Waals surface area contributed by atoms with Crippen molar-refractivity contribution in [3.8, 4) is 0 Å². The molecular weight excluding hydrogens is 312 g/mol.